The van der Waals surface area contributed by atoms with E-state index in [0.29, 0.717) is 5.75 Å². The topological polar surface area (TPSA) is 58.6 Å². The molecular weight excluding hydrogens is 287 g/mol. The lowest BCUT2D eigenvalue weighted by molar-refractivity contribution is -0.132. The summed E-state index contributed by atoms with van der Waals surface area (Å²) in [5, 5.41) is 2.79. The van der Waals surface area contributed by atoms with Crippen LogP contribution in [0.3, 0.4) is 0 Å². The summed E-state index contributed by atoms with van der Waals surface area (Å²) in [7, 11) is 0. The van der Waals surface area contributed by atoms with Gasteiger partial charge in [0.2, 0.25) is 0 Å². The quantitative estimate of drug-likeness (QED) is 0.849. The number of nitrogens with zero attached hydrogens (tertiary/aromatic N) is 1. The summed E-state index contributed by atoms with van der Waals surface area (Å²) in [5.41, 5.74) is -0.782. The third-order valence-electron chi connectivity index (χ3n) is 4.27. The van der Waals surface area contributed by atoms with Gasteiger partial charge in [-0.05, 0) is 44.7 Å². The molecule has 1 heterocycles. The first-order valence-electron chi connectivity index (χ1n) is 7.46. The molecule has 1 aromatic rings. The van der Waals surface area contributed by atoms with E-state index < -0.39 is 11.6 Å². The third kappa shape index (κ3) is 2.65. The van der Waals surface area contributed by atoms with E-state index in [0.717, 1.165) is 12.8 Å². The van der Waals surface area contributed by atoms with Gasteiger partial charge in [-0.3, -0.25) is 9.69 Å². The van der Waals surface area contributed by atoms with Gasteiger partial charge in [0.25, 0.3) is 5.91 Å². The highest BCUT2D eigenvalue weighted by Gasteiger charge is 2.56. The molecule has 118 valence electrons. The van der Waals surface area contributed by atoms with Gasteiger partial charge < -0.3 is 10.1 Å². The maximum Gasteiger partial charge on any atom is 0.325 e. The van der Waals surface area contributed by atoms with Crippen LogP contribution in [0.25, 0.3) is 0 Å². The second-order valence-electron chi connectivity index (χ2n) is 6.21. The molecule has 2 atom stereocenters. The van der Waals surface area contributed by atoms with Gasteiger partial charge in [0.15, 0.2) is 0 Å². The fourth-order valence-electron chi connectivity index (χ4n) is 2.89. The molecule has 22 heavy (non-hydrogen) atoms. The molecule has 5 nitrogen and oxygen atoms in total. The van der Waals surface area contributed by atoms with Gasteiger partial charge in [-0.15, -0.1) is 0 Å². The zero-order valence-electron chi connectivity index (χ0n) is 12.6. The van der Waals surface area contributed by atoms with Crippen LogP contribution in [-0.2, 0) is 4.79 Å². The summed E-state index contributed by atoms with van der Waals surface area (Å²) >= 11 is 0. The van der Waals surface area contributed by atoms with E-state index >= 15 is 0 Å². The Morgan fingerprint density at radius 1 is 1.45 bits per heavy atom. The van der Waals surface area contributed by atoms with Crippen molar-refractivity contribution >= 4 is 11.9 Å². The number of carbonyl (C=O) groups is 2. The Kier molecular flexibility index (Phi) is 3.54. The molecule has 3 rings (SSSR count). The first-order chi connectivity index (χ1) is 10.4. The SMILES string of the molecule is C[C@@H](CN1C(=O)N[C@](C)(C2CC2)C1=O)Oc1cccc(F)c1. The molecule has 1 N–H and O–H groups in total. The van der Waals surface area contributed by atoms with E-state index in [4.69, 9.17) is 4.74 Å². The first kappa shape index (κ1) is 14.8. The summed E-state index contributed by atoms with van der Waals surface area (Å²) in [6.45, 7) is 3.67. The van der Waals surface area contributed by atoms with E-state index in [1.807, 2.05) is 0 Å². The smallest absolute Gasteiger partial charge is 0.325 e. The van der Waals surface area contributed by atoms with Gasteiger partial charge >= 0.3 is 6.03 Å². The van der Waals surface area contributed by atoms with E-state index in [9.17, 15) is 14.0 Å². The number of hydrogen-bond donors (Lipinski definition) is 1. The molecule has 2 fully saturated rings. The third-order valence-corrected chi connectivity index (χ3v) is 4.27. The van der Waals surface area contributed by atoms with E-state index in [1.165, 1.54) is 17.0 Å². The van der Waals surface area contributed by atoms with Gasteiger partial charge in [-0.25, -0.2) is 9.18 Å². The maximum absolute atomic E-state index is 13.1. The van der Waals surface area contributed by atoms with Crippen molar-refractivity contribution in [3.05, 3.63) is 30.1 Å². The van der Waals surface area contributed by atoms with Crippen LogP contribution in [0.4, 0.5) is 9.18 Å². The summed E-state index contributed by atoms with van der Waals surface area (Å²) in [5.74, 6) is 0.0218. The normalized spacial score (nSPS) is 26.0. The molecular formula is C16H19FN2O3. The zero-order chi connectivity index (χ0) is 15.9. The Balaban J connectivity index is 1.65. The number of rotatable bonds is 5. The highest BCUT2D eigenvalue weighted by Crippen LogP contribution is 2.42. The maximum atomic E-state index is 13.1. The van der Waals surface area contributed by atoms with Gasteiger partial charge in [-0.1, -0.05) is 6.07 Å². The van der Waals surface area contributed by atoms with Gasteiger partial charge in [0, 0.05) is 6.07 Å². The van der Waals surface area contributed by atoms with Crippen molar-refractivity contribution in [3.8, 4) is 5.75 Å². The number of ether oxygens (including phenoxy) is 1. The number of amides is 3. The molecule has 1 aliphatic carbocycles. The van der Waals surface area contributed by atoms with Crippen molar-refractivity contribution in [2.45, 2.75) is 38.3 Å². The second kappa shape index (κ2) is 5.26. The van der Waals surface area contributed by atoms with E-state index in [-0.39, 0.29) is 30.2 Å². The Bertz CT molecular complexity index is 617. The number of imide groups is 1. The van der Waals surface area contributed by atoms with Crippen LogP contribution in [-0.4, -0.2) is 35.0 Å². The fourth-order valence-corrected chi connectivity index (χ4v) is 2.89. The Morgan fingerprint density at radius 2 is 2.18 bits per heavy atom. The van der Waals surface area contributed by atoms with Crippen LogP contribution in [0.1, 0.15) is 26.7 Å². The minimum atomic E-state index is -0.782. The number of hydrogen-bond acceptors (Lipinski definition) is 3. The molecule has 2 aliphatic rings. The standard InChI is InChI=1S/C16H19FN2O3/c1-10(22-13-5-3-4-12(17)8-13)9-19-14(20)16(2,11-6-7-11)18-15(19)21/h3-5,8,10-11H,6-7,9H2,1-2H3,(H,18,21)/t10-,16+/m0/s1. The summed E-state index contributed by atoms with van der Waals surface area (Å²) < 4.78 is 18.7. The molecule has 1 aliphatic heterocycles. The van der Waals surface area contributed by atoms with Crippen LogP contribution in [0.2, 0.25) is 0 Å². The van der Waals surface area contributed by atoms with Crippen molar-refractivity contribution in [2.24, 2.45) is 5.92 Å². The highest BCUT2D eigenvalue weighted by molar-refractivity contribution is 6.07. The van der Waals surface area contributed by atoms with Crippen molar-refractivity contribution < 1.29 is 18.7 Å². The fraction of sp³-hybridized carbons (Fsp3) is 0.500. The lowest BCUT2D eigenvalue weighted by atomic mass is 9.96. The molecule has 1 saturated carbocycles. The number of carbonyl (C=O) groups excluding carboxylic acids is 2. The molecule has 0 unspecified atom stereocenters. The molecule has 0 bridgehead atoms. The summed E-state index contributed by atoms with van der Waals surface area (Å²) in [6, 6.07) is 5.41. The van der Waals surface area contributed by atoms with Crippen LogP contribution < -0.4 is 10.1 Å². The summed E-state index contributed by atoms with van der Waals surface area (Å²) in [6.07, 6.45) is 1.51. The van der Waals surface area contributed by atoms with Crippen molar-refractivity contribution in [1.82, 2.24) is 10.2 Å². The molecule has 0 radical (unpaired) electrons. The predicted molar refractivity (Wildman–Crippen MR) is 77.9 cm³/mol. The minimum absolute atomic E-state index is 0.142. The molecule has 1 aromatic carbocycles. The average molecular weight is 306 g/mol. The Morgan fingerprint density at radius 3 is 2.82 bits per heavy atom. The number of nitrogens with one attached hydrogen (secondary N) is 1. The van der Waals surface area contributed by atoms with Crippen molar-refractivity contribution in [1.29, 1.82) is 0 Å². The monoisotopic (exact) mass is 306 g/mol. The largest absolute Gasteiger partial charge is 0.489 e. The van der Waals surface area contributed by atoms with Crippen LogP contribution >= 0.6 is 0 Å². The van der Waals surface area contributed by atoms with E-state index in [1.54, 1.807) is 26.0 Å². The van der Waals surface area contributed by atoms with Gasteiger partial charge in [-0.2, -0.15) is 0 Å². The predicted octanol–water partition coefficient (Wildman–Crippen LogP) is 2.31. The van der Waals surface area contributed by atoms with Gasteiger partial charge in [0.1, 0.15) is 23.2 Å². The van der Waals surface area contributed by atoms with Crippen molar-refractivity contribution in [2.75, 3.05) is 6.54 Å². The Hall–Kier alpha value is -2.11. The minimum Gasteiger partial charge on any atom is -0.489 e. The van der Waals surface area contributed by atoms with Crippen molar-refractivity contribution in [3.63, 3.8) is 0 Å². The molecule has 0 aromatic heterocycles. The average Bonchev–Trinajstić information content (AvgIpc) is 3.25. The molecule has 3 amide bonds. The zero-order valence-corrected chi connectivity index (χ0v) is 12.6. The first-order valence-corrected chi connectivity index (χ1v) is 7.46. The van der Waals surface area contributed by atoms with Gasteiger partial charge in [0.05, 0.1) is 6.54 Å². The lowest BCUT2D eigenvalue weighted by Crippen LogP contribution is -2.46. The number of urea groups is 1. The van der Waals surface area contributed by atoms with Crippen LogP contribution in [0.5, 0.6) is 5.75 Å². The Labute approximate surface area is 128 Å². The van der Waals surface area contributed by atoms with Crippen LogP contribution in [0.15, 0.2) is 24.3 Å². The second-order valence-corrected chi connectivity index (χ2v) is 6.21. The molecule has 0 spiro atoms. The molecule has 6 heteroatoms. The highest BCUT2D eigenvalue weighted by atomic mass is 19.1. The van der Waals surface area contributed by atoms with E-state index in [2.05, 4.69) is 5.32 Å². The number of halogens is 1. The molecule has 1 saturated heterocycles. The number of benzene rings is 1. The van der Waals surface area contributed by atoms with Crippen LogP contribution in [0, 0.1) is 11.7 Å². The lowest BCUT2D eigenvalue weighted by Gasteiger charge is -2.23. The summed E-state index contributed by atoms with van der Waals surface area (Å²) in [4.78, 5) is 25.7.